The third-order valence-corrected chi connectivity index (χ3v) is 2.85. The molecule has 1 unspecified atom stereocenters. The minimum Gasteiger partial charge on any atom is -0.389 e. The van der Waals surface area contributed by atoms with Crippen LogP contribution in [0.2, 0.25) is 0 Å². The molecular formula is C12H25NO2. The topological polar surface area (TPSA) is 32.7 Å². The van der Waals surface area contributed by atoms with E-state index in [0.29, 0.717) is 12.0 Å². The normalized spacial score (nSPS) is 23.6. The second kappa shape index (κ2) is 5.28. The summed E-state index contributed by atoms with van der Waals surface area (Å²) in [6.45, 7) is 11.9. The molecule has 15 heavy (non-hydrogen) atoms. The SMILES string of the molecule is CC(C)OCC(O)CN1CCC(C)(C)C1. The van der Waals surface area contributed by atoms with Crippen molar-refractivity contribution in [2.24, 2.45) is 5.41 Å². The Morgan fingerprint density at radius 2 is 2.07 bits per heavy atom. The molecule has 1 rings (SSSR count). The van der Waals surface area contributed by atoms with Gasteiger partial charge in [0.15, 0.2) is 0 Å². The van der Waals surface area contributed by atoms with Crippen LogP contribution < -0.4 is 0 Å². The highest BCUT2D eigenvalue weighted by Gasteiger charge is 2.29. The van der Waals surface area contributed by atoms with Crippen molar-refractivity contribution in [3.8, 4) is 0 Å². The van der Waals surface area contributed by atoms with Crippen LogP contribution in [-0.2, 0) is 4.74 Å². The summed E-state index contributed by atoms with van der Waals surface area (Å²) in [7, 11) is 0. The highest BCUT2D eigenvalue weighted by atomic mass is 16.5. The first-order valence-electron chi connectivity index (χ1n) is 5.91. The Labute approximate surface area is 93.4 Å². The highest BCUT2D eigenvalue weighted by molar-refractivity contribution is 4.83. The fourth-order valence-corrected chi connectivity index (χ4v) is 2.03. The summed E-state index contributed by atoms with van der Waals surface area (Å²) in [5.41, 5.74) is 0.415. The monoisotopic (exact) mass is 215 g/mol. The number of aliphatic hydroxyl groups excluding tert-OH is 1. The molecule has 0 saturated carbocycles. The molecule has 1 fully saturated rings. The van der Waals surface area contributed by atoms with E-state index in [1.165, 1.54) is 6.42 Å². The van der Waals surface area contributed by atoms with Crippen molar-refractivity contribution in [3.63, 3.8) is 0 Å². The van der Waals surface area contributed by atoms with E-state index in [0.717, 1.165) is 19.6 Å². The number of aliphatic hydroxyl groups is 1. The van der Waals surface area contributed by atoms with Gasteiger partial charge in [-0.05, 0) is 32.2 Å². The molecule has 1 N–H and O–H groups in total. The summed E-state index contributed by atoms with van der Waals surface area (Å²) in [4.78, 5) is 2.33. The number of nitrogens with zero attached hydrogens (tertiary/aromatic N) is 1. The Kier molecular flexibility index (Phi) is 4.56. The first-order valence-corrected chi connectivity index (χ1v) is 5.91. The summed E-state index contributed by atoms with van der Waals surface area (Å²) in [5, 5.41) is 9.76. The third-order valence-electron chi connectivity index (χ3n) is 2.85. The van der Waals surface area contributed by atoms with Gasteiger partial charge in [0.25, 0.3) is 0 Å². The van der Waals surface area contributed by atoms with Crippen LogP contribution in [0.3, 0.4) is 0 Å². The molecule has 1 aliphatic heterocycles. The van der Waals surface area contributed by atoms with Gasteiger partial charge in [0, 0.05) is 13.1 Å². The maximum Gasteiger partial charge on any atom is 0.0900 e. The molecule has 0 spiro atoms. The largest absolute Gasteiger partial charge is 0.389 e. The maximum atomic E-state index is 9.76. The van der Waals surface area contributed by atoms with Gasteiger partial charge in [-0.2, -0.15) is 0 Å². The van der Waals surface area contributed by atoms with Gasteiger partial charge in [-0.25, -0.2) is 0 Å². The molecule has 0 bridgehead atoms. The van der Waals surface area contributed by atoms with E-state index in [4.69, 9.17) is 4.74 Å². The molecule has 1 atom stereocenters. The highest BCUT2D eigenvalue weighted by Crippen LogP contribution is 2.28. The zero-order valence-electron chi connectivity index (χ0n) is 10.5. The van der Waals surface area contributed by atoms with E-state index in [1.54, 1.807) is 0 Å². The van der Waals surface area contributed by atoms with Crippen LogP contribution in [0.15, 0.2) is 0 Å². The van der Waals surface area contributed by atoms with Crippen LogP contribution in [0.4, 0.5) is 0 Å². The minimum absolute atomic E-state index is 0.203. The molecule has 3 heteroatoms. The fourth-order valence-electron chi connectivity index (χ4n) is 2.03. The maximum absolute atomic E-state index is 9.76. The van der Waals surface area contributed by atoms with E-state index in [9.17, 15) is 5.11 Å². The summed E-state index contributed by atoms with van der Waals surface area (Å²) in [6.07, 6.45) is 1.08. The molecule has 0 amide bonds. The zero-order valence-corrected chi connectivity index (χ0v) is 10.5. The van der Waals surface area contributed by atoms with E-state index in [-0.39, 0.29) is 12.2 Å². The van der Waals surface area contributed by atoms with Crippen LogP contribution in [0.5, 0.6) is 0 Å². The van der Waals surface area contributed by atoms with Gasteiger partial charge >= 0.3 is 0 Å². The smallest absolute Gasteiger partial charge is 0.0900 e. The lowest BCUT2D eigenvalue weighted by Gasteiger charge is -2.22. The number of rotatable bonds is 5. The molecule has 1 aliphatic rings. The number of ether oxygens (including phenoxy) is 1. The van der Waals surface area contributed by atoms with Crippen molar-refractivity contribution in [3.05, 3.63) is 0 Å². The number of hydrogen-bond acceptors (Lipinski definition) is 3. The second-order valence-electron chi connectivity index (χ2n) is 5.69. The van der Waals surface area contributed by atoms with Crippen LogP contribution in [0.1, 0.15) is 34.1 Å². The quantitative estimate of drug-likeness (QED) is 0.754. The number of hydrogen-bond donors (Lipinski definition) is 1. The summed E-state index contributed by atoms with van der Waals surface area (Å²) in [5.74, 6) is 0. The molecule has 90 valence electrons. The van der Waals surface area contributed by atoms with Crippen molar-refractivity contribution < 1.29 is 9.84 Å². The van der Waals surface area contributed by atoms with Gasteiger partial charge < -0.3 is 14.7 Å². The molecule has 0 radical (unpaired) electrons. The molecule has 0 aromatic heterocycles. The predicted octanol–water partition coefficient (Wildman–Crippen LogP) is 1.50. The molecule has 1 heterocycles. The van der Waals surface area contributed by atoms with Crippen LogP contribution in [0.25, 0.3) is 0 Å². The van der Waals surface area contributed by atoms with Gasteiger partial charge in [0.1, 0.15) is 0 Å². The number of β-amino-alcohol motifs (C(OH)–C–C–N with tert-alkyl or cyclic N) is 1. The van der Waals surface area contributed by atoms with Crippen LogP contribution in [0, 0.1) is 5.41 Å². The molecular weight excluding hydrogens is 190 g/mol. The molecule has 1 saturated heterocycles. The third kappa shape index (κ3) is 4.96. The van der Waals surface area contributed by atoms with E-state index < -0.39 is 0 Å². The van der Waals surface area contributed by atoms with Gasteiger partial charge in [0.2, 0.25) is 0 Å². The molecule has 0 aliphatic carbocycles. The minimum atomic E-state index is -0.346. The van der Waals surface area contributed by atoms with Crippen molar-refractivity contribution in [2.75, 3.05) is 26.2 Å². The molecule has 0 aromatic carbocycles. The van der Waals surface area contributed by atoms with E-state index in [1.807, 2.05) is 13.8 Å². The Morgan fingerprint density at radius 1 is 1.40 bits per heavy atom. The van der Waals surface area contributed by atoms with Crippen molar-refractivity contribution in [1.82, 2.24) is 4.90 Å². The van der Waals surface area contributed by atoms with Crippen molar-refractivity contribution in [2.45, 2.75) is 46.3 Å². The second-order valence-corrected chi connectivity index (χ2v) is 5.69. The summed E-state index contributed by atoms with van der Waals surface area (Å²) < 4.78 is 5.39. The van der Waals surface area contributed by atoms with Gasteiger partial charge in [-0.1, -0.05) is 13.8 Å². The first kappa shape index (κ1) is 12.9. The van der Waals surface area contributed by atoms with Crippen molar-refractivity contribution >= 4 is 0 Å². The van der Waals surface area contributed by atoms with E-state index in [2.05, 4.69) is 18.7 Å². The van der Waals surface area contributed by atoms with Gasteiger partial charge in [-0.3, -0.25) is 0 Å². The lowest BCUT2D eigenvalue weighted by molar-refractivity contribution is -0.00668. The first-order chi connectivity index (χ1) is 6.89. The summed E-state index contributed by atoms with van der Waals surface area (Å²) >= 11 is 0. The average Bonchev–Trinajstić information content (AvgIpc) is 2.42. The van der Waals surface area contributed by atoms with E-state index >= 15 is 0 Å². The van der Waals surface area contributed by atoms with Crippen LogP contribution >= 0.6 is 0 Å². The lowest BCUT2D eigenvalue weighted by atomic mass is 9.93. The zero-order chi connectivity index (χ0) is 11.5. The van der Waals surface area contributed by atoms with Gasteiger partial charge in [-0.15, -0.1) is 0 Å². The fraction of sp³-hybridized carbons (Fsp3) is 1.00. The van der Waals surface area contributed by atoms with Crippen LogP contribution in [-0.4, -0.2) is 48.5 Å². The molecule has 3 nitrogen and oxygen atoms in total. The Hall–Kier alpha value is -0.120. The Morgan fingerprint density at radius 3 is 2.53 bits per heavy atom. The van der Waals surface area contributed by atoms with Crippen molar-refractivity contribution in [1.29, 1.82) is 0 Å². The standard InChI is InChI=1S/C12H25NO2/c1-10(2)15-8-11(14)7-13-6-5-12(3,4)9-13/h10-11,14H,5-9H2,1-4H3. The lowest BCUT2D eigenvalue weighted by Crippen LogP contribution is -2.34. The Balaban J connectivity index is 2.19. The molecule has 0 aromatic rings. The van der Waals surface area contributed by atoms with Gasteiger partial charge in [0.05, 0.1) is 18.8 Å². The average molecular weight is 215 g/mol. The Bertz CT molecular complexity index is 192. The number of likely N-dealkylation sites (tertiary alicyclic amines) is 1. The summed E-state index contributed by atoms with van der Waals surface area (Å²) in [6, 6.07) is 0. The predicted molar refractivity (Wildman–Crippen MR) is 61.9 cm³/mol.